The molecule has 2 aromatic rings. The maximum absolute atomic E-state index is 13.5. The number of nitrogens with zero attached hydrogens (tertiary/aromatic N) is 2. The third-order valence-corrected chi connectivity index (χ3v) is 9.00. The number of ketones is 1. The predicted molar refractivity (Wildman–Crippen MR) is 121 cm³/mol. The summed E-state index contributed by atoms with van der Waals surface area (Å²) in [5, 5.41) is 6.16. The lowest BCUT2D eigenvalue weighted by atomic mass is 9.98. The van der Waals surface area contributed by atoms with Crippen LogP contribution in [0.25, 0.3) is 0 Å². The first-order chi connectivity index (χ1) is 15.0. The van der Waals surface area contributed by atoms with Gasteiger partial charge in [-0.25, -0.2) is 13.4 Å². The number of anilines is 1. The van der Waals surface area contributed by atoms with Gasteiger partial charge in [0.05, 0.1) is 24.3 Å². The van der Waals surface area contributed by atoms with Gasteiger partial charge in [-0.2, -0.15) is 4.31 Å². The highest BCUT2D eigenvalue weighted by molar-refractivity contribution is 7.89. The van der Waals surface area contributed by atoms with Crippen molar-refractivity contribution in [3.8, 4) is 0 Å². The second kappa shape index (κ2) is 9.74. The first-order valence-corrected chi connectivity index (χ1v) is 12.9. The number of thiazole rings is 1. The van der Waals surface area contributed by atoms with Crippen molar-refractivity contribution < 1.29 is 17.9 Å². The number of rotatable bonds is 7. The maximum atomic E-state index is 13.5. The number of carbonyl (C=O) groups excluding carboxylic acids is 1. The van der Waals surface area contributed by atoms with Crippen molar-refractivity contribution in [1.29, 1.82) is 0 Å². The van der Waals surface area contributed by atoms with Gasteiger partial charge in [0.25, 0.3) is 0 Å². The molecule has 0 aliphatic carbocycles. The molecule has 2 aliphatic rings. The molecule has 2 aliphatic heterocycles. The molecule has 2 N–H and O–H groups in total. The van der Waals surface area contributed by atoms with Crippen LogP contribution in [0.5, 0.6) is 0 Å². The van der Waals surface area contributed by atoms with Crippen LogP contribution in [0.1, 0.15) is 33.6 Å². The molecule has 3 heterocycles. The number of hydrogen-bond acceptors (Lipinski definition) is 8. The molecule has 1 unspecified atom stereocenters. The van der Waals surface area contributed by atoms with Crippen molar-refractivity contribution in [3.63, 3.8) is 0 Å². The van der Waals surface area contributed by atoms with Crippen molar-refractivity contribution in [2.75, 3.05) is 44.7 Å². The Hall–Kier alpha value is -1.85. The summed E-state index contributed by atoms with van der Waals surface area (Å²) in [4.78, 5) is 17.7. The molecule has 0 saturated carbocycles. The summed E-state index contributed by atoms with van der Waals surface area (Å²) in [5.41, 5.74) is 1.53. The van der Waals surface area contributed by atoms with Crippen LogP contribution in [0.3, 0.4) is 0 Å². The second-order valence-electron chi connectivity index (χ2n) is 7.88. The minimum Gasteiger partial charge on any atom is -0.379 e. The molecule has 0 bridgehead atoms. The summed E-state index contributed by atoms with van der Waals surface area (Å²) in [7, 11) is -3.60. The Labute approximate surface area is 187 Å². The molecule has 8 nitrogen and oxygen atoms in total. The number of aryl methyl sites for hydroxylation is 1. The van der Waals surface area contributed by atoms with Crippen LogP contribution >= 0.6 is 11.3 Å². The molecule has 1 atom stereocenters. The fourth-order valence-electron chi connectivity index (χ4n) is 4.07. The third-order valence-electron chi connectivity index (χ3n) is 5.85. The average molecular weight is 465 g/mol. The standard InChI is InChI=1S/C21H28N4O4S2/c1-15-4-2-3-5-17(15)19(26)18-14-23-21(30-18)24-20(16-6-8-22-9-7-16)31(27,28)25-10-12-29-13-11-25/h2-5,14,16,20,22H,6-13H2,1H3,(H,23,24). The van der Waals surface area contributed by atoms with Crippen LogP contribution in [0.15, 0.2) is 30.5 Å². The largest absolute Gasteiger partial charge is 0.379 e. The van der Waals surface area contributed by atoms with E-state index in [1.165, 1.54) is 21.8 Å². The van der Waals surface area contributed by atoms with Gasteiger partial charge < -0.3 is 15.4 Å². The lowest BCUT2D eigenvalue weighted by molar-refractivity contribution is 0.0723. The van der Waals surface area contributed by atoms with Gasteiger partial charge in [0.15, 0.2) is 5.13 Å². The Bertz CT molecular complexity index is 1010. The number of sulfonamides is 1. The number of carbonyl (C=O) groups is 1. The Balaban J connectivity index is 1.57. The van der Waals surface area contributed by atoms with Gasteiger partial charge in [-0.05, 0) is 44.3 Å². The lowest BCUT2D eigenvalue weighted by Crippen LogP contribution is -2.51. The van der Waals surface area contributed by atoms with Crippen LogP contribution in [-0.2, 0) is 14.8 Å². The number of piperidine rings is 1. The fourth-order valence-corrected chi connectivity index (χ4v) is 6.95. The minimum absolute atomic E-state index is 0.0338. The van der Waals surface area contributed by atoms with Gasteiger partial charge in [0, 0.05) is 18.7 Å². The maximum Gasteiger partial charge on any atom is 0.235 e. The van der Waals surface area contributed by atoms with Crippen molar-refractivity contribution in [2.24, 2.45) is 5.92 Å². The van der Waals surface area contributed by atoms with Crippen LogP contribution < -0.4 is 10.6 Å². The Morgan fingerprint density at radius 3 is 2.68 bits per heavy atom. The molecule has 168 valence electrons. The van der Waals surface area contributed by atoms with Crippen LogP contribution in [0.2, 0.25) is 0 Å². The highest BCUT2D eigenvalue weighted by atomic mass is 32.2. The monoisotopic (exact) mass is 464 g/mol. The number of nitrogens with one attached hydrogen (secondary N) is 2. The molecular formula is C21H28N4O4S2. The van der Waals surface area contributed by atoms with E-state index in [0.717, 1.165) is 31.5 Å². The summed E-state index contributed by atoms with van der Waals surface area (Å²) >= 11 is 1.20. The molecule has 0 radical (unpaired) electrons. The normalized spacial score (nSPS) is 19.8. The number of hydrogen-bond donors (Lipinski definition) is 2. The Kier molecular flexibility index (Phi) is 7.02. The number of aromatic nitrogens is 1. The molecular weight excluding hydrogens is 436 g/mol. The van der Waals surface area contributed by atoms with E-state index in [0.29, 0.717) is 41.9 Å². The molecule has 1 aromatic carbocycles. The third kappa shape index (κ3) is 4.98. The van der Waals surface area contributed by atoms with Gasteiger partial charge in [-0.15, -0.1) is 0 Å². The van der Waals surface area contributed by atoms with Crippen LogP contribution in [-0.4, -0.2) is 68.3 Å². The summed E-state index contributed by atoms with van der Waals surface area (Å²) in [6.07, 6.45) is 3.06. The highest BCUT2D eigenvalue weighted by Crippen LogP contribution is 2.30. The smallest absolute Gasteiger partial charge is 0.235 e. The second-order valence-corrected chi connectivity index (χ2v) is 11.0. The molecule has 2 fully saturated rings. The Morgan fingerprint density at radius 1 is 1.26 bits per heavy atom. The number of benzene rings is 1. The molecule has 0 spiro atoms. The Morgan fingerprint density at radius 2 is 1.97 bits per heavy atom. The number of ether oxygens (including phenoxy) is 1. The van der Waals surface area contributed by atoms with Gasteiger partial charge in [0.2, 0.25) is 15.8 Å². The molecule has 1 aromatic heterocycles. The van der Waals surface area contributed by atoms with Gasteiger partial charge >= 0.3 is 0 Å². The first-order valence-electron chi connectivity index (χ1n) is 10.6. The molecule has 4 rings (SSSR count). The fraction of sp³-hybridized carbons (Fsp3) is 0.524. The molecule has 31 heavy (non-hydrogen) atoms. The van der Waals surface area contributed by atoms with Gasteiger partial charge in [0.1, 0.15) is 5.37 Å². The molecule has 0 amide bonds. The quantitative estimate of drug-likeness (QED) is 0.605. The van der Waals surface area contributed by atoms with Crippen LogP contribution in [0.4, 0.5) is 5.13 Å². The average Bonchev–Trinajstić information content (AvgIpc) is 3.27. The van der Waals surface area contributed by atoms with Crippen molar-refractivity contribution >= 4 is 32.3 Å². The van der Waals surface area contributed by atoms with E-state index in [1.807, 2.05) is 25.1 Å². The predicted octanol–water partition coefficient (Wildman–Crippen LogP) is 2.08. The van der Waals surface area contributed by atoms with E-state index in [2.05, 4.69) is 15.6 Å². The van der Waals surface area contributed by atoms with E-state index in [-0.39, 0.29) is 11.7 Å². The van der Waals surface area contributed by atoms with E-state index >= 15 is 0 Å². The zero-order valence-corrected chi connectivity index (χ0v) is 19.2. The highest BCUT2D eigenvalue weighted by Gasteiger charge is 2.39. The zero-order valence-electron chi connectivity index (χ0n) is 17.5. The minimum atomic E-state index is -3.60. The zero-order chi connectivity index (χ0) is 21.8. The molecule has 2 saturated heterocycles. The lowest BCUT2D eigenvalue weighted by Gasteiger charge is -2.35. The van der Waals surface area contributed by atoms with Crippen LogP contribution in [0, 0.1) is 12.8 Å². The summed E-state index contributed by atoms with van der Waals surface area (Å²) in [5.74, 6) is -0.133. The SMILES string of the molecule is Cc1ccccc1C(=O)c1cnc(NC(C2CCNCC2)S(=O)(=O)N2CCOCC2)s1. The van der Waals surface area contributed by atoms with E-state index in [4.69, 9.17) is 4.74 Å². The van der Waals surface area contributed by atoms with Crippen molar-refractivity contribution in [3.05, 3.63) is 46.5 Å². The van der Waals surface area contributed by atoms with Crippen molar-refractivity contribution in [1.82, 2.24) is 14.6 Å². The molecule has 10 heteroatoms. The summed E-state index contributed by atoms with van der Waals surface area (Å²) < 4.78 is 33.8. The van der Waals surface area contributed by atoms with Crippen molar-refractivity contribution in [2.45, 2.75) is 25.1 Å². The van der Waals surface area contributed by atoms with E-state index in [9.17, 15) is 13.2 Å². The summed E-state index contributed by atoms with van der Waals surface area (Å²) in [6, 6.07) is 7.43. The van der Waals surface area contributed by atoms with Gasteiger partial charge in [-0.1, -0.05) is 35.6 Å². The first kappa shape index (κ1) is 22.3. The number of morpholine rings is 1. The summed E-state index contributed by atoms with van der Waals surface area (Å²) in [6.45, 7) is 5.01. The van der Waals surface area contributed by atoms with E-state index < -0.39 is 15.4 Å². The topological polar surface area (TPSA) is 101 Å². The van der Waals surface area contributed by atoms with Gasteiger partial charge in [-0.3, -0.25) is 4.79 Å². The van der Waals surface area contributed by atoms with E-state index in [1.54, 1.807) is 6.07 Å².